The Balaban J connectivity index is 1.53. The zero-order chi connectivity index (χ0) is 21.1. The second kappa shape index (κ2) is 8.37. The SMILES string of the molecule is COC(=O)c1ccc(OCC2Cc3ccccc3N2C(=O)c2ccc(F)cc2)cc1. The van der Waals surface area contributed by atoms with Crippen molar-refractivity contribution < 1.29 is 23.5 Å². The summed E-state index contributed by atoms with van der Waals surface area (Å²) in [6.07, 6.45) is 0.656. The molecule has 1 amide bonds. The second-order valence-electron chi connectivity index (χ2n) is 7.00. The molecule has 0 bridgehead atoms. The number of halogens is 1. The van der Waals surface area contributed by atoms with E-state index in [9.17, 15) is 14.0 Å². The van der Waals surface area contributed by atoms with Crippen LogP contribution in [0.5, 0.6) is 5.75 Å². The van der Waals surface area contributed by atoms with Crippen molar-refractivity contribution in [3.8, 4) is 5.75 Å². The van der Waals surface area contributed by atoms with Crippen LogP contribution in [-0.2, 0) is 11.2 Å². The Hall–Kier alpha value is -3.67. The van der Waals surface area contributed by atoms with E-state index >= 15 is 0 Å². The fourth-order valence-corrected chi connectivity index (χ4v) is 3.60. The van der Waals surface area contributed by atoms with Crippen molar-refractivity contribution in [2.45, 2.75) is 12.5 Å². The van der Waals surface area contributed by atoms with Gasteiger partial charge in [0.05, 0.1) is 18.7 Å². The van der Waals surface area contributed by atoms with Crippen molar-refractivity contribution in [1.82, 2.24) is 0 Å². The molecule has 1 aliphatic rings. The summed E-state index contributed by atoms with van der Waals surface area (Å²) in [4.78, 5) is 26.5. The van der Waals surface area contributed by atoms with Crippen molar-refractivity contribution in [3.05, 3.63) is 95.3 Å². The number of hydrogen-bond acceptors (Lipinski definition) is 4. The summed E-state index contributed by atoms with van der Waals surface area (Å²) >= 11 is 0. The van der Waals surface area contributed by atoms with Gasteiger partial charge < -0.3 is 14.4 Å². The smallest absolute Gasteiger partial charge is 0.337 e. The minimum Gasteiger partial charge on any atom is -0.491 e. The summed E-state index contributed by atoms with van der Waals surface area (Å²) in [5, 5.41) is 0. The largest absolute Gasteiger partial charge is 0.491 e. The number of hydrogen-bond donors (Lipinski definition) is 0. The van der Waals surface area contributed by atoms with Crippen LogP contribution in [0.25, 0.3) is 0 Å². The van der Waals surface area contributed by atoms with Gasteiger partial charge in [0.15, 0.2) is 0 Å². The lowest BCUT2D eigenvalue weighted by molar-refractivity contribution is 0.0600. The summed E-state index contributed by atoms with van der Waals surface area (Å²) in [7, 11) is 1.33. The van der Waals surface area contributed by atoms with E-state index in [1.54, 1.807) is 29.2 Å². The van der Waals surface area contributed by atoms with Crippen molar-refractivity contribution in [1.29, 1.82) is 0 Å². The first-order chi connectivity index (χ1) is 14.6. The average molecular weight is 405 g/mol. The molecule has 0 aliphatic carbocycles. The Morgan fingerprint density at radius 1 is 0.967 bits per heavy atom. The fourth-order valence-electron chi connectivity index (χ4n) is 3.60. The normalized spacial score (nSPS) is 14.9. The molecule has 0 N–H and O–H groups in total. The molecule has 1 unspecified atom stereocenters. The molecular formula is C24H20FNO4. The molecule has 4 rings (SSSR count). The zero-order valence-electron chi connectivity index (χ0n) is 16.4. The molecule has 0 aromatic heterocycles. The number of anilines is 1. The van der Waals surface area contributed by atoms with E-state index < -0.39 is 5.97 Å². The van der Waals surface area contributed by atoms with E-state index in [0.717, 1.165) is 11.3 Å². The number of carbonyl (C=O) groups excluding carboxylic acids is 2. The third kappa shape index (κ3) is 3.89. The number of benzene rings is 3. The Bertz CT molecular complexity index is 1060. The van der Waals surface area contributed by atoms with Crippen molar-refractivity contribution in [3.63, 3.8) is 0 Å². The van der Waals surface area contributed by atoms with Crippen molar-refractivity contribution in [2.75, 3.05) is 18.6 Å². The number of ether oxygens (including phenoxy) is 2. The van der Waals surface area contributed by atoms with E-state index in [2.05, 4.69) is 0 Å². The number of esters is 1. The monoisotopic (exact) mass is 405 g/mol. The Morgan fingerprint density at radius 3 is 2.33 bits per heavy atom. The highest BCUT2D eigenvalue weighted by molar-refractivity contribution is 6.07. The highest BCUT2D eigenvalue weighted by atomic mass is 19.1. The number of nitrogens with zero attached hydrogens (tertiary/aromatic N) is 1. The van der Waals surface area contributed by atoms with Crippen molar-refractivity contribution >= 4 is 17.6 Å². The number of amides is 1. The molecule has 6 heteroatoms. The summed E-state index contributed by atoms with van der Waals surface area (Å²) in [5.41, 5.74) is 2.75. The molecule has 1 heterocycles. The molecule has 0 radical (unpaired) electrons. The van der Waals surface area contributed by atoms with Gasteiger partial charge in [-0.15, -0.1) is 0 Å². The molecule has 0 fully saturated rings. The maximum atomic E-state index is 13.3. The van der Waals surface area contributed by atoms with Gasteiger partial charge in [0.1, 0.15) is 18.2 Å². The predicted molar refractivity (Wildman–Crippen MR) is 110 cm³/mol. The number of methoxy groups -OCH3 is 1. The quantitative estimate of drug-likeness (QED) is 0.595. The molecule has 152 valence electrons. The Morgan fingerprint density at radius 2 is 1.63 bits per heavy atom. The number of rotatable bonds is 5. The third-order valence-corrected chi connectivity index (χ3v) is 5.10. The fraction of sp³-hybridized carbons (Fsp3) is 0.167. The maximum Gasteiger partial charge on any atom is 0.337 e. The zero-order valence-corrected chi connectivity index (χ0v) is 16.4. The van der Waals surface area contributed by atoms with Crippen LogP contribution < -0.4 is 9.64 Å². The lowest BCUT2D eigenvalue weighted by Crippen LogP contribution is -2.41. The second-order valence-corrected chi connectivity index (χ2v) is 7.00. The molecule has 0 spiro atoms. The Kier molecular flexibility index (Phi) is 5.48. The minimum absolute atomic E-state index is 0.199. The minimum atomic E-state index is -0.413. The first kappa shape index (κ1) is 19.6. The average Bonchev–Trinajstić information content (AvgIpc) is 3.16. The number of carbonyl (C=O) groups is 2. The van der Waals surface area contributed by atoms with Crippen LogP contribution in [0.2, 0.25) is 0 Å². The van der Waals surface area contributed by atoms with Crippen LogP contribution in [0.3, 0.4) is 0 Å². The molecule has 5 nitrogen and oxygen atoms in total. The van der Waals surface area contributed by atoms with E-state index in [1.807, 2.05) is 24.3 Å². The van der Waals surface area contributed by atoms with Crippen LogP contribution in [0, 0.1) is 5.82 Å². The van der Waals surface area contributed by atoms with Gasteiger partial charge in [-0.1, -0.05) is 18.2 Å². The Labute approximate surface area is 173 Å². The van der Waals surface area contributed by atoms with E-state index in [4.69, 9.17) is 9.47 Å². The summed E-state index contributed by atoms with van der Waals surface area (Å²) < 4.78 is 23.9. The highest BCUT2D eigenvalue weighted by Crippen LogP contribution is 2.33. The van der Waals surface area contributed by atoms with Gasteiger partial charge in [0, 0.05) is 11.3 Å². The summed E-state index contributed by atoms with van der Waals surface area (Å²) in [6.45, 7) is 0.277. The molecule has 3 aromatic carbocycles. The third-order valence-electron chi connectivity index (χ3n) is 5.10. The lowest BCUT2D eigenvalue weighted by Gasteiger charge is -2.26. The standard InChI is InChI=1S/C24H20FNO4/c1-29-24(28)17-8-12-21(13-9-17)30-15-20-14-18-4-2-3-5-22(18)26(20)23(27)16-6-10-19(25)11-7-16/h2-13,20H,14-15H2,1H3. The molecule has 3 aromatic rings. The van der Waals surface area contributed by atoms with Gasteiger partial charge in [-0.05, 0) is 66.6 Å². The van der Waals surface area contributed by atoms with Gasteiger partial charge >= 0.3 is 5.97 Å². The predicted octanol–water partition coefficient (Wildman–Crippen LogP) is 4.26. The van der Waals surface area contributed by atoms with Gasteiger partial charge in [0.25, 0.3) is 5.91 Å². The van der Waals surface area contributed by atoms with E-state index in [1.165, 1.54) is 31.4 Å². The number of para-hydroxylation sites is 1. The maximum absolute atomic E-state index is 13.3. The van der Waals surface area contributed by atoms with E-state index in [-0.39, 0.29) is 24.4 Å². The molecule has 30 heavy (non-hydrogen) atoms. The molecule has 1 aliphatic heterocycles. The highest BCUT2D eigenvalue weighted by Gasteiger charge is 2.34. The van der Waals surface area contributed by atoms with Gasteiger partial charge in [0.2, 0.25) is 0 Å². The molecular weight excluding hydrogens is 385 g/mol. The van der Waals surface area contributed by atoms with Gasteiger partial charge in [-0.25, -0.2) is 9.18 Å². The molecule has 0 saturated carbocycles. The van der Waals surface area contributed by atoms with Crippen LogP contribution in [-0.4, -0.2) is 31.6 Å². The lowest BCUT2D eigenvalue weighted by atomic mass is 10.1. The van der Waals surface area contributed by atoms with Crippen LogP contribution in [0.4, 0.5) is 10.1 Å². The van der Waals surface area contributed by atoms with Crippen LogP contribution in [0.15, 0.2) is 72.8 Å². The first-order valence-corrected chi connectivity index (χ1v) is 9.55. The van der Waals surface area contributed by atoms with Crippen LogP contribution in [0.1, 0.15) is 26.3 Å². The molecule has 0 saturated heterocycles. The van der Waals surface area contributed by atoms with Crippen molar-refractivity contribution in [2.24, 2.45) is 0 Å². The van der Waals surface area contributed by atoms with Gasteiger partial charge in [-0.3, -0.25) is 4.79 Å². The first-order valence-electron chi connectivity index (χ1n) is 9.55. The van der Waals surface area contributed by atoms with E-state index in [0.29, 0.717) is 23.3 Å². The topological polar surface area (TPSA) is 55.8 Å². The van der Waals surface area contributed by atoms with Gasteiger partial charge in [-0.2, -0.15) is 0 Å². The number of fused-ring (bicyclic) bond motifs is 1. The molecule has 1 atom stereocenters. The van der Waals surface area contributed by atoms with Crippen LogP contribution >= 0.6 is 0 Å². The summed E-state index contributed by atoms with van der Waals surface area (Å²) in [6, 6.07) is 19.7. The summed E-state index contributed by atoms with van der Waals surface area (Å²) in [5.74, 6) is -0.408.